The van der Waals surface area contributed by atoms with Crippen LogP contribution in [-0.2, 0) is 23.1 Å². The number of benzene rings is 1. The van der Waals surface area contributed by atoms with Gasteiger partial charge < -0.3 is 5.11 Å². The molecule has 2 aromatic rings. The molecule has 0 atom stereocenters. The van der Waals surface area contributed by atoms with E-state index in [1.54, 1.807) is 11.3 Å². The minimum absolute atomic E-state index is 0.00877. The summed E-state index contributed by atoms with van der Waals surface area (Å²) in [5.41, 5.74) is 0.280. The van der Waals surface area contributed by atoms with E-state index >= 15 is 0 Å². The van der Waals surface area contributed by atoms with Crippen molar-refractivity contribution in [2.75, 3.05) is 6.54 Å². The van der Waals surface area contributed by atoms with Crippen LogP contribution in [0.1, 0.15) is 10.4 Å². The maximum Gasteiger partial charge on any atom is 0.242 e. The molecule has 0 aliphatic carbocycles. The molecule has 2 N–H and O–H groups in total. The molecule has 8 heteroatoms. The molecule has 0 fully saturated rings. The molecule has 0 aliphatic rings. The predicted octanol–water partition coefficient (Wildman–Crippen LogP) is 3.07. The van der Waals surface area contributed by atoms with Crippen LogP contribution in [0.4, 0.5) is 0 Å². The second-order valence-corrected chi connectivity index (χ2v) is 7.84. The highest BCUT2D eigenvalue weighted by molar-refractivity contribution is 7.89. The Labute approximate surface area is 137 Å². The molecule has 0 saturated heterocycles. The van der Waals surface area contributed by atoms with Crippen LogP contribution in [0.5, 0.6) is 0 Å². The first-order valence-electron chi connectivity index (χ1n) is 6.05. The van der Waals surface area contributed by atoms with Gasteiger partial charge in [-0.05, 0) is 35.6 Å². The summed E-state index contributed by atoms with van der Waals surface area (Å²) in [5, 5.41) is 11.3. The van der Waals surface area contributed by atoms with Gasteiger partial charge in [0, 0.05) is 16.4 Å². The lowest BCUT2D eigenvalue weighted by molar-refractivity contribution is 0.281. The van der Waals surface area contributed by atoms with Crippen LogP contribution in [0, 0.1) is 0 Å². The van der Waals surface area contributed by atoms with Crippen LogP contribution in [-0.4, -0.2) is 20.1 Å². The molecule has 1 aromatic carbocycles. The minimum atomic E-state index is -3.77. The zero-order valence-electron chi connectivity index (χ0n) is 10.8. The summed E-state index contributed by atoms with van der Waals surface area (Å²) in [6.45, 7) is -0.114. The summed E-state index contributed by atoms with van der Waals surface area (Å²) in [5.74, 6) is 0. The van der Waals surface area contributed by atoms with E-state index in [1.807, 2.05) is 17.5 Å². The Morgan fingerprint density at radius 1 is 1.29 bits per heavy atom. The Bertz CT molecular complexity index is 715. The first-order chi connectivity index (χ1) is 9.94. The molecule has 0 spiro atoms. The van der Waals surface area contributed by atoms with E-state index < -0.39 is 10.0 Å². The van der Waals surface area contributed by atoms with Gasteiger partial charge >= 0.3 is 0 Å². The molecule has 0 amide bonds. The van der Waals surface area contributed by atoms with Crippen LogP contribution in [0.2, 0.25) is 10.0 Å². The maximum atomic E-state index is 12.3. The standard InChI is InChI=1S/C13H13Cl2NO3S2/c14-10-6-9(8-17)13(15)12(7-10)21(18,19)16-4-3-11-2-1-5-20-11/h1-2,5-7,16-17H,3-4,8H2. The molecule has 0 aliphatic heterocycles. The lowest BCUT2D eigenvalue weighted by atomic mass is 10.2. The third-order valence-corrected chi connectivity index (χ3v) is 5.98. The number of aliphatic hydroxyl groups is 1. The molecule has 114 valence electrons. The fourth-order valence-electron chi connectivity index (χ4n) is 1.77. The third-order valence-electron chi connectivity index (χ3n) is 2.78. The van der Waals surface area contributed by atoms with Crippen molar-refractivity contribution in [1.29, 1.82) is 0 Å². The topological polar surface area (TPSA) is 66.4 Å². The molecule has 0 unspecified atom stereocenters. The Morgan fingerprint density at radius 3 is 2.67 bits per heavy atom. The van der Waals surface area contributed by atoms with Gasteiger partial charge in [0.15, 0.2) is 0 Å². The van der Waals surface area contributed by atoms with E-state index in [0.29, 0.717) is 6.42 Å². The molecule has 21 heavy (non-hydrogen) atoms. The van der Waals surface area contributed by atoms with Crippen molar-refractivity contribution in [3.63, 3.8) is 0 Å². The lowest BCUT2D eigenvalue weighted by Crippen LogP contribution is -2.26. The first kappa shape index (κ1) is 16.7. The van der Waals surface area contributed by atoms with Gasteiger partial charge in [-0.25, -0.2) is 13.1 Å². The van der Waals surface area contributed by atoms with Gasteiger partial charge in [-0.1, -0.05) is 29.3 Å². The van der Waals surface area contributed by atoms with Crippen molar-refractivity contribution < 1.29 is 13.5 Å². The highest BCUT2D eigenvalue weighted by Gasteiger charge is 2.20. The van der Waals surface area contributed by atoms with Crippen molar-refractivity contribution in [2.45, 2.75) is 17.9 Å². The third kappa shape index (κ3) is 4.18. The Morgan fingerprint density at radius 2 is 2.05 bits per heavy atom. The van der Waals surface area contributed by atoms with Crippen molar-refractivity contribution in [1.82, 2.24) is 4.72 Å². The fourth-order valence-corrected chi connectivity index (χ4v) is 4.43. The summed E-state index contributed by atoms with van der Waals surface area (Å²) in [7, 11) is -3.77. The summed E-state index contributed by atoms with van der Waals surface area (Å²) in [6.07, 6.45) is 0.599. The van der Waals surface area contributed by atoms with E-state index in [9.17, 15) is 13.5 Å². The number of halogens is 2. The van der Waals surface area contributed by atoms with Gasteiger partial charge in [-0.15, -0.1) is 11.3 Å². The zero-order chi connectivity index (χ0) is 15.5. The van der Waals surface area contributed by atoms with Gasteiger partial charge in [0.1, 0.15) is 4.90 Å². The van der Waals surface area contributed by atoms with E-state index in [2.05, 4.69) is 4.72 Å². The van der Waals surface area contributed by atoms with Crippen molar-refractivity contribution in [3.8, 4) is 0 Å². The first-order valence-corrected chi connectivity index (χ1v) is 9.17. The van der Waals surface area contributed by atoms with E-state index in [0.717, 1.165) is 4.88 Å². The monoisotopic (exact) mass is 365 g/mol. The van der Waals surface area contributed by atoms with Crippen LogP contribution in [0.15, 0.2) is 34.5 Å². The van der Waals surface area contributed by atoms with E-state index in [4.69, 9.17) is 23.2 Å². The number of aliphatic hydroxyl groups excluding tert-OH is 1. The number of hydrogen-bond donors (Lipinski definition) is 2. The van der Waals surface area contributed by atoms with E-state index in [-0.39, 0.29) is 33.7 Å². The average molecular weight is 366 g/mol. The molecule has 1 heterocycles. The molecular formula is C13H13Cl2NO3S2. The van der Waals surface area contributed by atoms with E-state index in [1.165, 1.54) is 12.1 Å². The molecule has 0 radical (unpaired) electrons. The molecule has 0 bridgehead atoms. The summed E-state index contributed by atoms with van der Waals surface area (Å²) in [4.78, 5) is 0.970. The lowest BCUT2D eigenvalue weighted by Gasteiger charge is -2.11. The summed E-state index contributed by atoms with van der Waals surface area (Å²) in [6, 6.07) is 6.57. The predicted molar refractivity (Wildman–Crippen MR) is 85.6 cm³/mol. The van der Waals surface area contributed by atoms with Crippen LogP contribution < -0.4 is 4.72 Å². The van der Waals surface area contributed by atoms with Gasteiger partial charge in [0.05, 0.1) is 11.6 Å². The second kappa shape index (κ2) is 7.09. The maximum absolute atomic E-state index is 12.3. The normalized spacial score (nSPS) is 11.8. The molecular weight excluding hydrogens is 353 g/mol. The Balaban J connectivity index is 2.17. The number of sulfonamides is 1. The number of thiophene rings is 1. The number of hydrogen-bond acceptors (Lipinski definition) is 4. The molecule has 4 nitrogen and oxygen atoms in total. The van der Waals surface area contributed by atoms with Crippen LogP contribution >= 0.6 is 34.5 Å². The van der Waals surface area contributed by atoms with Gasteiger partial charge in [-0.2, -0.15) is 0 Å². The minimum Gasteiger partial charge on any atom is -0.392 e. The van der Waals surface area contributed by atoms with Crippen LogP contribution in [0.3, 0.4) is 0 Å². The quantitative estimate of drug-likeness (QED) is 0.826. The van der Waals surface area contributed by atoms with Crippen molar-refractivity contribution in [3.05, 3.63) is 50.1 Å². The van der Waals surface area contributed by atoms with Gasteiger partial charge in [0.2, 0.25) is 10.0 Å². The molecule has 0 saturated carbocycles. The molecule has 2 rings (SSSR count). The summed E-state index contributed by atoms with van der Waals surface area (Å²) < 4.78 is 27.0. The number of rotatable bonds is 6. The SMILES string of the molecule is O=S(=O)(NCCc1cccs1)c1cc(Cl)cc(CO)c1Cl. The zero-order valence-corrected chi connectivity index (χ0v) is 14.0. The Kier molecular flexibility index (Phi) is 5.65. The second-order valence-electron chi connectivity index (χ2n) is 4.26. The fraction of sp³-hybridized carbons (Fsp3) is 0.231. The highest BCUT2D eigenvalue weighted by Crippen LogP contribution is 2.29. The smallest absolute Gasteiger partial charge is 0.242 e. The highest BCUT2D eigenvalue weighted by atomic mass is 35.5. The molecule has 1 aromatic heterocycles. The van der Waals surface area contributed by atoms with Gasteiger partial charge in [0.25, 0.3) is 0 Å². The van der Waals surface area contributed by atoms with Crippen molar-refractivity contribution in [2.24, 2.45) is 0 Å². The van der Waals surface area contributed by atoms with Gasteiger partial charge in [-0.3, -0.25) is 0 Å². The van der Waals surface area contributed by atoms with Crippen LogP contribution in [0.25, 0.3) is 0 Å². The average Bonchev–Trinajstić information content (AvgIpc) is 2.93. The summed E-state index contributed by atoms with van der Waals surface area (Å²) >= 11 is 13.4. The number of nitrogens with one attached hydrogen (secondary N) is 1. The Hall–Kier alpha value is -0.630. The van der Waals surface area contributed by atoms with Crippen molar-refractivity contribution >= 4 is 44.6 Å². The largest absolute Gasteiger partial charge is 0.392 e.